The fraction of sp³-hybridized carbons (Fsp3) is 0.750. The summed E-state index contributed by atoms with van der Waals surface area (Å²) in [6, 6.07) is -0.00607. The summed E-state index contributed by atoms with van der Waals surface area (Å²) in [6.45, 7) is 2.82. The van der Waals surface area contributed by atoms with Gasteiger partial charge in [-0.3, -0.25) is 0 Å². The highest BCUT2D eigenvalue weighted by Gasteiger charge is 2.23. The van der Waals surface area contributed by atoms with Gasteiger partial charge < -0.3 is 15.3 Å². The van der Waals surface area contributed by atoms with Crippen LogP contribution in [0, 0.1) is 0 Å². The van der Waals surface area contributed by atoms with Crippen LogP contribution in [0.25, 0.3) is 0 Å². The largest absolute Gasteiger partial charge is 0.389 e. The van der Waals surface area contributed by atoms with Crippen LogP contribution in [0.15, 0.2) is 12.2 Å². The molecule has 0 saturated carbocycles. The molecule has 0 spiro atoms. The summed E-state index contributed by atoms with van der Waals surface area (Å²) in [5.74, 6) is 0. The molecule has 0 aromatic rings. The van der Waals surface area contributed by atoms with Gasteiger partial charge in [0.05, 0.1) is 12.1 Å². The van der Waals surface area contributed by atoms with Gasteiger partial charge in [0.15, 0.2) is 0 Å². The zero-order valence-electron chi connectivity index (χ0n) is 10.1. The lowest BCUT2D eigenvalue weighted by Crippen LogP contribution is -2.25. The Morgan fingerprint density at radius 2 is 2.38 bits per heavy atom. The second-order valence-electron chi connectivity index (χ2n) is 4.38. The second-order valence-corrected chi connectivity index (χ2v) is 4.38. The van der Waals surface area contributed by atoms with Crippen LogP contribution >= 0.6 is 0 Å². The Balaban J connectivity index is 2.23. The fourth-order valence-electron chi connectivity index (χ4n) is 1.76. The highest BCUT2D eigenvalue weighted by atomic mass is 16.3. The van der Waals surface area contributed by atoms with Crippen LogP contribution in [0.2, 0.25) is 0 Å². The molecule has 1 fully saturated rings. The van der Waals surface area contributed by atoms with E-state index in [9.17, 15) is 9.90 Å². The molecule has 92 valence electrons. The van der Waals surface area contributed by atoms with Crippen LogP contribution in [0.3, 0.4) is 0 Å². The zero-order valence-corrected chi connectivity index (χ0v) is 10.1. The van der Waals surface area contributed by atoms with Crippen LogP contribution in [0.1, 0.15) is 32.6 Å². The van der Waals surface area contributed by atoms with Gasteiger partial charge in [-0.15, -0.1) is 0 Å². The predicted molar refractivity (Wildman–Crippen MR) is 64.2 cm³/mol. The molecule has 1 saturated heterocycles. The summed E-state index contributed by atoms with van der Waals surface area (Å²) >= 11 is 0. The molecule has 0 bridgehead atoms. The van der Waals surface area contributed by atoms with Gasteiger partial charge in [-0.05, 0) is 6.42 Å². The van der Waals surface area contributed by atoms with Crippen molar-refractivity contribution in [3.8, 4) is 0 Å². The topological polar surface area (TPSA) is 52.6 Å². The summed E-state index contributed by atoms with van der Waals surface area (Å²) in [5.41, 5.74) is 0. The number of rotatable bonds is 6. The van der Waals surface area contributed by atoms with Gasteiger partial charge in [-0.25, -0.2) is 4.79 Å². The average Bonchev–Trinajstić information content (AvgIpc) is 2.56. The summed E-state index contributed by atoms with van der Waals surface area (Å²) in [5, 5.41) is 12.5. The van der Waals surface area contributed by atoms with E-state index < -0.39 is 0 Å². The van der Waals surface area contributed by atoms with Crippen LogP contribution in [-0.4, -0.2) is 41.8 Å². The van der Waals surface area contributed by atoms with E-state index in [-0.39, 0.29) is 18.2 Å². The minimum atomic E-state index is -0.380. The molecule has 0 aliphatic carbocycles. The number of carbonyl (C=O) groups excluding carboxylic acids is 1. The number of urea groups is 1. The summed E-state index contributed by atoms with van der Waals surface area (Å²) in [4.78, 5) is 12.8. The molecule has 2 amide bonds. The van der Waals surface area contributed by atoms with E-state index in [0.29, 0.717) is 6.54 Å². The third-order valence-corrected chi connectivity index (χ3v) is 2.80. The normalized spacial score (nSPS) is 22.8. The number of likely N-dealkylation sites (N-methyl/N-ethyl adjacent to an activating group) is 1. The Kier molecular flexibility index (Phi) is 5.32. The van der Waals surface area contributed by atoms with Gasteiger partial charge in [0.1, 0.15) is 0 Å². The molecule has 1 rings (SSSR count). The van der Waals surface area contributed by atoms with Crippen molar-refractivity contribution >= 4 is 6.03 Å². The Morgan fingerprint density at radius 1 is 1.62 bits per heavy atom. The number of nitrogens with one attached hydrogen (secondary N) is 1. The van der Waals surface area contributed by atoms with Crippen molar-refractivity contribution in [2.24, 2.45) is 0 Å². The number of unbranched alkanes of at least 4 members (excludes halogenated alkanes) is 2. The lowest BCUT2D eigenvalue weighted by atomic mass is 10.1. The molecule has 0 radical (unpaired) electrons. The Hall–Kier alpha value is -1.03. The van der Waals surface area contributed by atoms with Crippen molar-refractivity contribution < 1.29 is 9.90 Å². The predicted octanol–water partition coefficient (Wildman–Crippen LogP) is 1.51. The summed E-state index contributed by atoms with van der Waals surface area (Å²) in [6.07, 6.45) is 7.49. The first kappa shape index (κ1) is 13.0. The van der Waals surface area contributed by atoms with E-state index in [4.69, 9.17) is 0 Å². The van der Waals surface area contributed by atoms with Crippen molar-refractivity contribution in [2.45, 2.75) is 44.8 Å². The van der Waals surface area contributed by atoms with Crippen molar-refractivity contribution in [1.29, 1.82) is 0 Å². The lowest BCUT2D eigenvalue weighted by molar-refractivity contribution is 0.207. The number of nitrogens with zero attached hydrogens (tertiary/aromatic N) is 1. The third kappa shape index (κ3) is 4.23. The molecule has 1 aliphatic heterocycles. The molecule has 1 aliphatic rings. The minimum absolute atomic E-state index is 0.0401. The maximum absolute atomic E-state index is 11.2. The molecule has 2 unspecified atom stereocenters. The van der Waals surface area contributed by atoms with Crippen LogP contribution in [0.5, 0.6) is 0 Å². The molecule has 4 nitrogen and oxygen atoms in total. The molecule has 16 heavy (non-hydrogen) atoms. The van der Waals surface area contributed by atoms with Crippen LogP contribution < -0.4 is 5.32 Å². The standard InChI is InChI=1S/C12H22N2O2/c1-3-4-5-6-11(15)8-7-10-9-14(2)12(16)13-10/h7-8,10-11,15H,3-6,9H2,1-2H3,(H,13,16). The maximum Gasteiger partial charge on any atom is 0.317 e. The molecule has 4 heteroatoms. The summed E-state index contributed by atoms with van der Waals surface area (Å²) < 4.78 is 0. The van der Waals surface area contributed by atoms with E-state index in [2.05, 4.69) is 12.2 Å². The van der Waals surface area contributed by atoms with Gasteiger partial charge in [0.25, 0.3) is 0 Å². The van der Waals surface area contributed by atoms with E-state index in [1.54, 1.807) is 18.0 Å². The van der Waals surface area contributed by atoms with Crippen molar-refractivity contribution in [3.05, 3.63) is 12.2 Å². The Labute approximate surface area is 97.3 Å². The zero-order chi connectivity index (χ0) is 12.0. The number of hydrogen-bond acceptors (Lipinski definition) is 2. The van der Waals surface area contributed by atoms with Gasteiger partial charge in [-0.1, -0.05) is 38.3 Å². The summed E-state index contributed by atoms with van der Waals surface area (Å²) in [7, 11) is 1.76. The first-order valence-electron chi connectivity index (χ1n) is 6.01. The van der Waals surface area contributed by atoms with Gasteiger partial charge in [0, 0.05) is 13.6 Å². The first-order valence-corrected chi connectivity index (χ1v) is 6.01. The Bertz CT molecular complexity index is 253. The van der Waals surface area contributed by atoms with Crippen LogP contribution in [0.4, 0.5) is 4.79 Å². The van der Waals surface area contributed by atoms with Crippen molar-refractivity contribution in [2.75, 3.05) is 13.6 Å². The highest BCUT2D eigenvalue weighted by molar-refractivity contribution is 5.76. The minimum Gasteiger partial charge on any atom is -0.389 e. The van der Waals surface area contributed by atoms with Crippen LogP contribution in [-0.2, 0) is 0 Å². The van der Waals surface area contributed by atoms with Gasteiger partial charge in [0.2, 0.25) is 0 Å². The highest BCUT2D eigenvalue weighted by Crippen LogP contribution is 2.06. The van der Waals surface area contributed by atoms with E-state index in [0.717, 1.165) is 19.3 Å². The molecule has 2 N–H and O–H groups in total. The average molecular weight is 226 g/mol. The van der Waals surface area contributed by atoms with Crippen molar-refractivity contribution in [1.82, 2.24) is 10.2 Å². The first-order chi connectivity index (χ1) is 7.63. The smallest absolute Gasteiger partial charge is 0.317 e. The second kappa shape index (κ2) is 6.53. The molecule has 1 heterocycles. The third-order valence-electron chi connectivity index (χ3n) is 2.80. The fourth-order valence-corrected chi connectivity index (χ4v) is 1.76. The molecular formula is C12H22N2O2. The SMILES string of the molecule is CCCCCC(O)C=CC1CN(C)C(=O)N1. The number of hydrogen-bond donors (Lipinski definition) is 2. The number of carbonyl (C=O) groups is 1. The molecule has 0 aromatic carbocycles. The Morgan fingerprint density at radius 3 is 2.94 bits per heavy atom. The quantitative estimate of drug-likeness (QED) is 0.533. The van der Waals surface area contributed by atoms with E-state index >= 15 is 0 Å². The van der Waals surface area contributed by atoms with Crippen molar-refractivity contribution in [3.63, 3.8) is 0 Å². The monoisotopic (exact) mass is 226 g/mol. The number of aliphatic hydroxyl groups excluding tert-OH is 1. The lowest BCUT2D eigenvalue weighted by Gasteiger charge is -2.07. The van der Waals surface area contributed by atoms with E-state index in [1.165, 1.54) is 6.42 Å². The van der Waals surface area contributed by atoms with E-state index in [1.807, 2.05) is 6.08 Å². The molecular weight excluding hydrogens is 204 g/mol. The number of amides is 2. The number of aliphatic hydroxyl groups is 1. The van der Waals surface area contributed by atoms with Gasteiger partial charge in [-0.2, -0.15) is 0 Å². The van der Waals surface area contributed by atoms with Gasteiger partial charge >= 0.3 is 6.03 Å². The molecule has 2 atom stereocenters. The molecule has 0 aromatic heterocycles. The maximum atomic E-state index is 11.2.